The lowest BCUT2D eigenvalue weighted by atomic mass is 10.0. The molecule has 2 fully saturated rings. The maximum absolute atomic E-state index is 13.1. The number of carbonyl (C=O) groups is 1. The quantitative estimate of drug-likeness (QED) is 0.782. The maximum atomic E-state index is 13.1. The van der Waals surface area contributed by atoms with Crippen molar-refractivity contribution in [2.24, 2.45) is 0 Å². The lowest BCUT2D eigenvalue weighted by Crippen LogP contribution is -2.64. The molecular formula is C21H26FN5O2. The average Bonchev–Trinajstić information content (AvgIpc) is 2.68. The monoisotopic (exact) mass is 399 g/mol. The van der Waals surface area contributed by atoms with E-state index in [-0.39, 0.29) is 23.3 Å². The summed E-state index contributed by atoms with van der Waals surface area (Å²) in [7, 11) is 0. The van der Waals surface area contributed by atoms with E-state index in [1.165, 1.54) is 28.9 Å². The molecule has 0 unspecified atom stereocenters. The smallest absolute Gasteiger partial charge is 0.274 e. The minimum atomic E-state index is -0.218. The summed E-state index contributed by atoms with van der Waals surface area (Å²) in [4.78, 5) is 31.0. The average molecular weight is 399 g/mol. The van der Waals surface area contributed by atoms with Gasteiger partial charge >= 0.3 is 0 Å². The third kappa shape index (κ3) is 4.03. The SMILES string of the molecule is CC(C)n1nc(C(=O)N2CC(N3CCN(c4ccc(F)cc4)CC3)C2)ccc1=O. The molecule has 1 amide bonds. The zero-order chi connectivity index (χ0) is 20.5. The highest BCUT2D eigenvalue weighted by Gasteiger charge is 2.37. The number of nitrogens with zero attached hydrogens (tertiary/aromatic N) is 5. The first-order chi connectivity index (χ1) is 13.9. The standard InChI is InChI=1S/C21H26FN5O2/c1-15(2)27-20(28)8-7-19(23-27)21(29)26-13-18(14-26)25-11-9-24(10-12-25)17-5-3-16(22)4-6-17/h3-8,15,18H,9-14H2,1-2H3. The molecule has 0 N–H and O–H groups in total. The number of piperazine rings is 1. The Hall–Kier alpha value is -2.74. The summed E-state index contributed by atoms with van der Waals surface area (Å²) in [6.07, 6.45) is 0. The summed E-state index contributed by atoms with van der Waals surface area (Å²) < 4.78 is 14.4. The van der Waals surface area contributed by atoms with Crippen LogP contribution in [0.15, 0.2) is 41.2 Å². The van der Waals surface area contributed by atoms with E-state index in [1.54, 1.807) is 4.90 Å². The first-order valence-electron chi connectivity index (χ1n) is 10.1. The molecule has 2 aromatic rings. The highest BCUT2D eigenvalue weighted by molar-refractivity contribution is 5.92. The van der Waals surface area contributed by atoms with Crippen LogP contribution in [0.5, 0.6) is 0 Å². The zero-order valence-electron chi connectivity index (χ0n) is 16.8. The number of benzene rings is 1. The summed E-state index contributed by atoms with van der Waals surface area (Å²) in [5, 5.41) is 4.23. The molecule has 0 spiro atoms. The van der Waals surface area contributed by atoms with Gasteiger partial charge in [0.25, 0.3) is 11.5 Å². The van der Waals surface area contributed by atoms with Crippen LogP contribution in [0.3, 0.4) is 0 Å². The molecule has 1 aromatic carbocycles. The van der Waals surface area contributed by atoms with Crippen molar-refractivity contribution < 1.29 is 9.18 Å². The lowest BCUT2D eigenvalue weighted by Gasteiger charge is -2.48. The van der Waals surface area contributed by atoms with Gasteiger partial charge in [0.1, 0.15) is 11.5 Å². The van der Waals surface area contributed by atoms with E-state index in [9.17, 15) is 14.0 Å². The Kier molecular flexibility index (Phi) is 5.36. The number of aromatic nitrogens is 2. The number of carbonyl (C=O) groups excluding carboxylic acids is 1. The number of amides is 1. The molecule has 3 heterocycles. The van der Waals surface area contributed by atoms with Gasteiger partial charge in [-0.15, -0.1) is 0 Å². The number of rotatable bonds is 4. The second kappa shape index (κ2) is 7.94. The first kappa shape index (κ1) is 19.6. The van der Waals surface area contributed by atoms with Gasteiger partial charge in [0.2, 0.25) is 0 Å². The molecule has 4 rings (SSSR count). The Balaban J connectivity index is 1.30. The largest absolute Gasteiger partial charge is 0.369 e. The number of halogens is 1. The van der Waals surface area contributed by atoms with Gasteiger partial charge in [-0.25, -0.2) is 9.07 Å². The van der Waals surface area contributed by atoms with Crippen molar-refractivity contribution in [2.45, 2.75) is 25.9 Å². The topological polar surface area (TPSA) is 61.7 Å². The third-order valence-corrected chi connectivity index (χ3v) is 5.71. The Morgan fingerprint density at radius 3 is 2.31 bits per heavy atom. The van der Waals surface area contributed by atoms with Crippen LogP contribution < -0.4 is 10.5 Å². The van der Waals surface area contributed by atoms with Crippen LogP contribution in [0.2, 0.25) is 0 Å². The fraction of sp³-hybridized carbons (Fsp3) is 0.476. The van der Waals surface area contributed by atoms with Gasteiger partial charge in [0, 0.05) is 57.1 Å². The molecule has 0 saturated carbocycles. The molecule has 1 aromatic heterocycles. The van der Waals surface area contributed by atoms with Gasteiger partial charge in [-0.05, 0) is 44.2 Å². The molecule has 0 aliphatic carbocycles. The number of anilines is 1. The Morgan fingerprint density at radius 1 is 1.03 bits per heavy atom. The second-order valence-electron chi connectivity index (χ2n) is 7.96. The Morgan fingerprint density at radius 2 is 1.69 bits per heavy atom. The Labute approximate surface area is 169 Å². The van der Waals surface area contributed by atoms with Gasteiger partial charge in [-0.3, -0.25) is 14.5 Å². The zero-order valence-corrected chi connectivity index (χ0v) is 16.8. The van der Waals surface area contributed by atoms with E-state index in [0.717, 1.165) is 31.9 Å². The minimum absolute atomic E-state index is 0.0863. The summed E-state index contributed by atoms with van der Waals surface area (Å²) in [6, 6.07) is 9.81. The molecule has 8 heteroatoms. The summed E-state index contributed by atoms with van der Waals surface area (Å²) in [5.41, 5.74) is 1.16. The van der Waals surface area contributed by atoms with Crippen molar-refractivity contribution in [3.05, 3.63) is 58.3 Å². The number of likely N-dealkylation sites (tertiary alicyclic amines) is 1. The van der Waals surface area contributed by atoms with Crippen molar-refractivity contribution in [3.8, 4) is 0 Å². The van der Waals surface area contributed by atoms with Crippen LogP contribution in [-0.2, 0) is 0 Å². The summed E-state index contributed by atoms with van der Waals surface area (Å²) >= 11 is 0. The van der Waals surface area contributed by atoms with Crippen LogP contribution in [-0.4, -0.2) is 70.8 Å². The lowest BCUT2D eigenvalue weighted by molar-refractivity contribution is 0.0240. The van der Waals surface area contributed by atoms with Gasteiger partial charge in [0.05, 0.1) is 6.04 Å². The van der Waals surface area contributed by atoms with E-state index in [4.69, 9.17) is 0 Å². The van der Waals surface area contributed by atoms with Crippen molar-refractivity contribution in [1.82, 2.24) is 19.6 Å². The second-order valence-corrected chi connectivity index (χ2v) is 7.96. The van der Waals surface area contributed by atoms with Crippen LogP contribution in [0.25, 0.3) is 0 Å². The normalized spacial score (nSPS) is 18.2. The van der Waals surface area contributed by atoms with Crippen LogP contribution in [0.4, 0.5) is 10.1 Å². The van der Waals surface area contributed by atoms with E-state index in [0.29, 0.717) is 24.8 Å². The van der Waals surface area contributed by atoms with Crippen LogP contribution >= 0.6 is 0 Å². The van der Waals surface area contributed by atoms with Crippen LogP contribution in [0, 0.1) is 5.82 Å². The molecule has 0 radical (unpaired) electrons. The molecular weight excluding hydrogens is 373 g/mol. The van der Waals surface area contributed by atoms with Gasteiger partial charge < -0.3 is 9.80 Å². The number of hydrogen-bond acceptors (Lipinski definition) is 5. The highest BCUT2D eigenvalue weighted by atomic mass is 19.1. The maximum Gasteiger partial charge on any atom is 0.274 e. The molecule has 29 heavy (non-hydrogen) atoms. The van der Waals surface area contributed by atoms with Gasteiger partial charge in [-0.1, -0.05) is 0 Å². The molecule has 2 saturated heterocycles. The predicted octanol–water partition coefficient (Wildman–Crippen LogP) is 1.61. The van der Waals surface area contributed by atoms with Crippen molar-refractivity contribution in [2.75, 3.05) is 44.2 Å². The van der Waals surface area contributed by atoms with Gasteiger partial charge in [-0.2, -0.15) is 5.10 Å². The summed E-state index contributed by atoms with van der Waals surface area (Å²) in [6.45, 7) is 8.70. The van der Waals surface area contributed by atoms with Crippen molar-refractivity contribution >= 4 is 11.6 Å². The van der Waals surface area contributed by atoms with E-state index < -0.39 is 0 Å². The third-order valence-electron chi connectivity index (χ3n) is 5.71. The molecule has 2 aliphatic rings. The van der Waals surface area contributed by atoms with E-state index in [2.05, 4.69) is 14.9 Å². The van der Waals surface area contributed by atoms with Crippen LogP contribution in [0.1, 0.15) is 30.4 Å². The molecule has 2 aliphatic heterocycles. The van der Waals surface area contributed by atoms with E-state index >= 15 is 0 Å². The van der Waals surface area contributed by atoms with Crippen molar-refractivity contribution in [3.63, 3.8) is 0 Å². The predicted molar refractivity (Wildman–Crippen MR) is 109 cm³/mol. The molecule has 0 atom stereocenters. The number of hydrogen-bond donors (Lipinski definition) is 0. The molecule has 0 bridgehead atoms. The Bertz CT molecular complexity index is 929. The fourth-order valence-electron chi connectivity index (χ4n) is 3.92. The minimum Gasteiger partial charge on any atom is -0.369 e. The first-order valence-corrected chi connectivity index (χ1v) is 10.1. The van der Waals surface area contributed by atoms with E-state index in [1.807, 2.05) is 26.0 Å². The van der Waals surface area contributed by atoms with Crippen molar-refractivity contribution in [1.29, 1.82) is 0 Å². The molecule has 7 nitrogen and oxygen atoms in total. The molecule has 154 valence electrons. The van der Waals surface area contributed by atoms with Gasteiger partial charge in [0.15, 0.2) is 0 Å². The fourth-order valence-corrected chi connectivity index (χ4v) is 3.92. The highest BCUT2D eigenvalue weighted by Crippen LogP contribution is 2.22. The summed E-state index contributed by atoms with van der Waals surface area (Å²) in [5.74, 6) is -0.342.